The molecule has 3 N–H and O–H groups in total. The molecular formula is C21H21N5O2. The van der Waals surface area contributed by atoms with Gasteiger partial charge in [-0.15, -0.1) is 0 Å². The summed E-state index contributed by atoms with van der Waals surface area (Å²) in [5.74, 6) is 1.79. The summed E-state index contributed by atoms with van der Waals surface area (Å²) in [7, 11) is 1.94. The molecule has 4 rings (SSSR count). The van der Waals surface area contributed by atoms with E-state index in [1.54, 1.807) is 24.5 Å². The Morgan fingerprint density at radius 3 is 2.75 bits per heavy atom. The molecule has 3 aromatic rings. The van der Waals surface area contributed by atoms with E-state index < -0.39 is 5.91 Å². The molecule has 7 heteroatoms. The number of fused-ring (bicyclic) bond motifs is 1. The van der Waals surface area contributed by atoms with Gasteiger partial charge >= 0.3 is 0 Å². The molecule has 0 spiro atoms. The monoisotopic (exact) mass is 375 g/mol. The number of anilines is 1. The Labute approximate surface area is 163 Å². The lowest BCUT2D eigenvalue weighted by Crippen LogP contribution is -2.29. The zero-order valence-corrected chi connectivity index (χ0v) is 15.9. The van der Waals surface area contributed by atoms with E-state index in [9.17, 15) is 4.79 Å². The number of nitrogens with one attached hydrogen (secondary N) is 1. The van der Waals surface area contributed by atoms with Gasteiger partial charge in [0.05, 0.1) is 17.9 Å². The van der Waals surface area contributed by atoms with Crippen LogP contribution in [-0.4, -0.2) is 22.9 Å². The van der Waals surface area contributed by atoms with Crippen molar-refractivity contribution in [2.75, 3.05) is 12.1 Å². The second kappa shape index (κ2) is 6.94. The van der Waals surface area contributed by atoms with Crippen molar-refractivity contribution in [2.45, 2.75) is 19.9 Å². The highest BCUT2D eigenvalue weighted by Gasteiger charge is 2.24. The van der Waals surface area contributed by atoms with Crippen molar-refractivity contribution < 1.29 is 9.53 Å². The van der Waals surface area contributed by atoms with Gasteiger partial charge in [-0.3, -0.25) is 14.8 Å². The molecule has 0 fully saturated rings. The first-order chi connectivity index (χ1) is 13.4. The van der Waals surface area contributed by atoms with Gasteiger partial charge in [-0.1, -0.05) is 6.07 Å². The minimum absolute atomic E-state index is 0.177. The van der Waals surface area contributed by atoms with E-state index in [0.717, 1.165) is 28.2 Å². The lowest BCUT2D eigenvalue weighted by Gasteiger charge is -2.11. The number of hydrazine groups is 1. The fourth-order valence-corrected chi connectivity index (χ4v) is 3.40. The average Bonchev–Trinajstić information content (AvgIpc) is 2.95. The smallest absolute Gasteiger partial charge is 0.248 e. The van der Waals surface area contributed by atoms with Crippen LogP contribution in [0.5, 0.6) is 11.5 Å². The Morgan fingerprint density at radius 2 is 2.00 bits per heavy atom. The fourth-order valence-electron chi connectivity index (χ4n) is 3.40. The van der Waals surface area contributed by atoms with Gasteiger partial charge in [0.25, 0.3) is 0 Å². The van der Waals surface area contributed by atoms with Crippen LogP contribution in [0.15, 0.2) is 48.8 Å². The zero-order chi connectivity index (χ0) is 19.8. The Balaban J connectivity index is 1.61. The van der Waals surface area contributed by atoms with Crippen LogP contribution in [0, 0.1) is 6.92 Å². The number of amides is 1. The number of nitrogens with zero attached hydrogens (tertiary/aromatic N) is 3. The third kappa shape index (κ3) is 3.27. The normalized spacial score (nSPS) is 15.4. The molecule has 0 saturated carbocycles. The summed E-state index contributed by atoms with van der Waals surface area (Å²) < 4.78 is 6.02. The minimum atomic E-state index is -0.437. The Kier molecular flexibility index (Phi) is 4.44. The summed E-state index contributed by atoms with van der Waals surface area (Å²) in [6, 6.07) is 11.3. The predicted molar refractivity (Wildman–Crippen MR) is 107 cm³/mol. The third-order valence-corrected chi connectivity index (χ3v) is 4.80. The molecule has 2 aromatic heterocycles. The molecule has 0 radical (unpaired) electrons. The van der Waals surface area contributed by atoms with Crippen molar-refractivity contribution in [1.82, 2.24) is 15.4 Å². The van der Waals surface area contributed by atoms with Crippen molar-refractivity contribution in [3.8, 4) is 22.8 Å². The molecule has 1 amide bonds. The van der Waals surface area contributed by atoms with Gasteiger partial charge in [-0.2, -0.15) is 0 Å². The minimum Gasteiger partial charge on any atom is -0.456 e. The van der Waals surface area contributed by atoms with E-state index in [2.05, 4.69) is 22.3 Å². The largest absolute Gasteiger partial charge is 0.456 e. The van der Waals surface area contributed by atoms with Gasteiger partial charge in [0.15, 0.2) is 0 Å². The first-order valence-electron chi connectivity index (χ1n) is 8.97. The number of aryl methyl sites for hydroxylation is 1. The lowest BCUT2D eigenvalue weighted by molar-refractivity contribution is 0.0999. The number of pyridine rings is 2. The van der Waals surface area contributed by atoms with E-state index in [1.165, 1.54) is 0 Å². The second-order valence-corrected chi connectivity index (χ2v) is 6.87. The number of carbonyl (C=O) groups excluding carboxylic acids is 1. The van der Waals surface area contributed by atoms with Crippen molar-refractivity contribution in [2.24, 2.45) is 5.73 Å². The number of benzene rings is 1. The van der Waals surface area contributed by atoms with Gasteiger partial charge in [0.2, 0.25) is 5.91 Å². The summed E-state index contributed by atoms with van der Waals surface area (Å²) in [6.45, 7) is 3.93. The average molecular weight is 375 g/mol. The number of nitrogens with two attached hydrogens (primary N) is 1. The topological polar surface area (TPSA) is 93.4 Å². The van der Waals surface area contributed by atoms with Gasteiger partial charge < -0.3 is 10.5 Å². The number of ether oxygens (including phenoxy) is 1. The molecule has 0 aliphatic carbocycles. The number of rotatable bonds is 4. The van der Waals surface area contributed by atoms with Crippen LogP contribution in [0.25, 0.3) is 11.3 Å². The van der Waals surface area contributed by atoms with Gasteiger partial charge in [0.1, 0.15) is 17.3 Å². The van der Waals surface area contributed by atoms with Crippen LogP contribution in [0.1, 0.15) is 34.5 Å². The predicted octanol–water partition coefficient (Wildman–Crippen LogP) is 3.36. The van der Waals surface area contributed by atoms with Crippen molar-refractivity contribution >= 4 is 11.7 Å². The Hall–Kier alpha value is -3.45. The highest BCUT2D eigenvalue weighted by Crippen LogP contribution is 2.34. The summed E-state index contributed by atoms with van der Waals surface area (Å²) in [5.41, 5.74) is 12.7. The zero-order valence-electron chi connectivity index (χ0n) is 15.9. The van der Waals surface area contributed by atoms with Gasteiger partial charge in [0, 0.05) is 36.0 Å². The maximum absolute atomic E-state index is 11.4. The fraction of sp³-hybridized carbons (Fsp3) is 0.190. The standard InChI is InChI=1S/C21H21N5O2/c1-12-8-14(4-5-17(12)20(22)27)19-10-15(6-7-23-19)28-16-9-18-13(2)25-26(3)21(18)24-11-16/h4-11,13,25H,1-3H3,(H2,22,27). The van der Waals surface area contributed by atoms with Crippen molar-refractivity contribution in [3.05, 3.63) is 65.5 Å². The molecule has 3 heterocycles. The molecule has 1 aliphatic heterocycles. The summed E-state index contributed by atoms with van der Waals surface area (Å²) in [4.78, 5) is 20.3. The molecule has 28 heavy (non-hydrogen) atoms. The van der Waals surface area contributed by atoms with E-state index in [-0.39, 0.29) is 6.04 Å². The maximum atomic E-state index is 11.4. The molecule has 142 valence electrons. The van der Waals surface area contributed by atoms with Gasteiger partial charge in [-0.25, -0.2) is 10.4 Å². The van der Waals surface area contributed by atoms with Crippen molar-refractivity contribution in [1.29, 1.82) is 0 Å². The Morgan fingerprint density at radius 1 is 1.18 bits per heavy atom. The van der Waals surface area contributed by atoms with Crippen molar-refractivity contribution in [3.63, 3.8) is 0 Å². The molecule has 7 nitrogen and oxygen atoms in total. The van der Waals surface area contributed by atoms with Crippen LogP contribution >= 0.6 is 0 Å². The van der Waals surface area contributed by atoms with Crippen LogP contribution in [0.2, 0.25) is 0 Å². The van der Waals surface area contributed by atoms with E-state index in [4.69, 9.17) is 10.5 Å². The van der Waals surface area contributed by atoms with Crippen LogP contribution in [0.3, 0.4) is 0 Å². The lowest BCUT2D eigenvalue weighted by atomic mass is 10.0. The quantitative estimate of drug-likeness (QED) is 0.726. The first-order valence-corrected chi connectivity index (χ1v) is 8.97. The third-order valence-electron chi connectivity index (χ3n) is 4.80. The van der Waals surface area contributed by atoms with E-state index in [1.807, 2.05) is 43.2 Å². The number of carbonyl (C=O) groups is 1. The molecule has 1 atom stereocenters. The van der Waals surface area contributed by atoms with E-state index in [0.29, 0.717) is 17.1 Å². The number of aromatic nitrogens is 2. The summed E-state index contributed by atoms with van der Waals surface area (Å²) in [6.07, 6.45) is 3.40. The van der Waals surface area contributed by atoms with Crippen LogP contribution in [-0.2, 0) is 0 Å². The highest BCUT2D eigenvalue weighted by atomic mass is 16.5. The Bertz CT molecular complexity index is 1070. The van der Waals surface area contributed by atoms with Crippen LogP contribution in [0.4, 0.5) is 5.82 Å². The molecular weight excluding hydrogens is 354 g/mol. The second-order valence-electron chi connectivity index (χ2n) is 6.87. The van der Waals surface area contributed by atoms with Crippen LogP contribution < -0.4 is 20.9 Å². The number of hydrogen-bond donors (Lipinski definition) is 2. The summed E-state index contributed by atoms with van der Waals surface area (Å²) in [5, 5.41) is 1.91. The summed E-state index contributed by atoms with van der Waals surface area (Å²) >= 11 is 0. The SMILES string of the molecule is Cc1cc(-c2cc(Oc3cnc4c(c3)C(C)NN4C)ccn2)ccc1C(N)=O. The first kappa shape index (κ1) is 17.9. The molecule has 0 bridgehead atoms. The number of primary amides is 1. The maximum Gasteiger partial charge on any atom is 0.248 e. The molecule has 0 saturated heterocycles. The van der Waals surface area contributed by atoms with E-state index >= 15 is 0 Å². The number of hydrogen-bond acceptors (Lipinski definition) is 6. The van der Waals surface area contributed by atoms with Gasteiger partial charge in [-0.05, 0) is 43.7 Å². The molecule has 1 unspecified atom stereocenters. The molecule has 1 aromatic carbocycles. The highest BCUT2D eigenvalue weighted by molar-refractivity contribution is 5.94. The molecule has 1 aliphatic rings.